The van der Waals surface area contributed by atoms with Crippen molar-refractivity contribution in [1.82, 2.24) is 4.57 Å². The molecule has 10 rings (SSSR count). The lowest BCUT2D eigenvalue weighted by atomic mass is 9.95. The lowest BCUT2D eigenvalue weighted by Crippen LogP contribution is -2.11. The number of rotatable bonds is 8. The number of aromatic nitrogens is 1. The van der Waals surface area contributed by atoms with Crippen molar-refractivity contribution >= 4 is 34.0 Å². The van der Waals surface area contributed by atoms with Crippen molar-refractivity contribution in [2.45, 2.75) is 12.8 Å². The van der Waals surface area contributed by atoms with Crippen LogP contribution in [0.15, 0.2) is 212 Å². The van der Waals surface area contributed by atoms with Crippen molar-refractivity contribution in [2.75, 3.05) is 4.90 Å². The van der Waals surface area contributed by atoms with Crippen LogP contribution in [0.3, 0.4) is 0 Å². The Bertz CT molecular complexity index is 2810. The zero-order valence-corrected chi connectivity index (χ0v) is 31.1. The van der Waals surface area contributed by atoms with Crippen LogP contribution in [0, 0.1) is 0 Å². The van der Waals surface area contributed by atoms with E-state index in [1.165, 1.54) is 72.4 Å². The van der Waals surface area contributed by atoms with Crippen molar-refractivity contribution in [3.63, 3.8) is 0 Å². The van der Waals surface area contributed by atoms with Gasteiger partial charge in [0.05, 0.1) is 11.2 Å². The summed E-state index contributed by atoms with van der Waals surface area (Å²) in [6.45, 7) is 0. The van der Waals surface area contributed by atoms with Crippen LogP contribution >= 0.6 is 0 Å². The van der Waals surface area contributed by atoms with Gasteiger partial charge in [-0.15, -0.1) is 0 Å². The highest BCUT2D eigenvalue weighted by molar-refractivity contribution is 6.04. The van der Waals surface area contributed by atoms with Gasteiger partial charge < -0.3 is 9.47 Å². The first-order chi connectivity index (χ1) is 27.8. The average Bonchev–Trinajstić information content (AvgIpc) is 3.63. The number of para-hydroxylation sites is 2. The van der Waals surface area contributed by atoms with Crippen LogP contribution in [0.2, 0.25) is 0 Å². The lowest BCUT2D eigenvalue weighted by molar-refractivity contribution is 0.888. The molecule has 0 amide bonds. The molecular formula is C54H40N2. The summed E-state index contributed by atoms with van der Waals surface area (Å²) in [6.07, 6.45) is 6.74. The summed E-state index contributed by atoms with van der Waals surface area (Å²) in [7, 11) is 0. The molecular weight excluding hydrogens is 677 g/mol. The number of benzene rings is 8. The predicted octanol–water partition coefficient (Wildman–Crippen LogP) is 14.7. The van der Waals surface area contributed by atoms with Crippen LogP contribution in [0.4, 0.5) is 17.1 Å². The Hall–Kier alpha value is -7.16. The van der Waals surface area contributed by atoms with Gasteiger partial charge in [-0.25, -0.2) is 0 Å². The van der Waals surface area contributed by atoms with Gasteiger partial charge >= 0.3 is 0 Å². The summed E-state index contributed by atoms with van der Waals surface area (Å²) in [5, 5.41) is 1.30. The van der Waals surface area contributed by atoms with E-state index in [9.17, 15) is 0 Å². The molecule has 2 heteroatoms. The van der Waals surface area contributed by atoms with Crippen molar-refractivity contribution in [3.05, 3.63) is 224 Å². The first-order valence-corrected chi connectivity index (χ1v) is 19.5. The Morgan fingerprint density at radius 3 is 1.68 bits per heavy atom. The van der Waals surface area contributed by atoms with Gasteiger partial charge in [0.15, 0.2) is 0 Å². The van der Waals surface area contributed by atoms with E-state index >= 15 is 0 Å². The van der Waals surface area contributed by atoms with Gasteiger partial charge in [-0.3, -0.25) is 0 Å². The monoisotopic (exact) mass is 716 g/mol. The summed E-state index contributed by atoms with van der Waals surface area (Å²) in [6, 6.07) is 74.6. The van der Waals surface area contributed by atoms with Gasteiger partial charge in [-0.2, -0.15) is 0 Å². The Kier molecular flexibility index (Phi) is 8.70. The molecule has 2 nitrogen and oxygen atoms in total. The van der Waals surface area contributed by atoms with Gasteiger partial charge in [0.2, 0.25) is 0 Å². The average molecular weight is 717 g/mol. The van der Waals surface area contributed by atoms with Crippen LogP contribution in [0.25, 0.3) is 67.2 Å². The van der Waals surface area contributed by atoms with E-state index in [-0.39, 0.29) is 0 Å². The maximum Gasteiger partial charge on any atom is 0.0543 e. The summed E-state index contributed by atoms with van der Waals surface area (Å²) in [4.78, 5) is 2.42. The first kappa shape index (κ1) is 33.4. The van der Waals surface area contributed by atoms with Crippen LogP contribution in [-0.4, -0.2) is 4.57 Å². The molecule has 0 atom stereocenters. The Labute approximate surface area is 328 Å². The highest BCUT2D eigenvalue weighted by Crippen LogP contribution is 2.44. The van der Waals surface area contributed by atoms with E-state index in [1.807, 2.05) is 0 Å². The predicted molar refractivity (Wildman–Crippen MR) is 237 cm³/mol. The van der Waals surface area contributed by atoms with E-state index in [0.29, 0.717) is 0 Å². The first-order valence-electron chi connectivity index (χ1n) is 19.5. The number of nitrogens with zero attached hydrogens (tertiary/aromatic N) is 2. The van der Waals surface area contributed by atoms with Gasteiger partial charge in [0, 0.05) is 39.3 Å². The molecule has 0 unspecified atom stereocenters. The Morgan fingerprint density at radius 2 is 0.964 bits per heavy atom. The standard InChI is InChI=1S/C54H40N2/c1-4-16-39(17-5-1)41-30-32-43(33-31-41)48-24-10-12-27-51(48)55(46-36-34-42(35-37-46)40-18-6-2-7-19-40)47-23-14-20-44(38-47)49-26-15-29-53-54(49)50-25-11-13-28-52(50)56(53)45-21-8-3-9-22-45/h1-12,14-27,29-38H,13,28H2. The fourth-order valence-corrected chi connectivity index (χ4v) is 8.44. The molecule has 266 valence electrons. The quantitative estimate of drug-likeness (QED) is 0.152. The summed E-state index contributed by atoms with van der Waals surface area (Å²) < 4.78 is 2.47. The van der Waals surface area contributed by atoms with E-state index in [1.54, 1.807) is 0 Å². The molecule has 1 aliphatic carbocycles. The highest BCUT2D eigenvalue weighted by Gasteiger charge is 2.23. The number of fused-ring (bicyclic) bond motifs is 3. The highest BCUT2D eigenvalue weighted by atomic mass is 15.1. The molecule has 1 heterocycles. The van der Waals surface area contributed by atoms with Crippen LogP contribution in [0.5, 0.6) is 0 Å². The zero-order chi connectivity index (χ0) is 37.3. The van der Waals surface area contributed by atoms with E-state index < -0.39 is 0 Å². The second-order valence-corrected chi connectivity index (χ2v) is 14.4. The summed E-state index contributed by atoms with van der Waals surface area (Å²) in [5.41, 5.74) is 18.1. The van der Waals surface area contributed by atoms with Crippen molar-refractivity contribution in [3.8, 4) is 50.2 Å². The van der Waals surface area contributed by atoms with Crippen molar-refractivity contribution in [1.29, 1.82) is 0 Å². The number of hydrogen-bond donors (Lipinski definition) is 0. The minimum absolute atomic E-state index is 1.02. The van der Waals surface area contributed by atoms with Gasteiger partial charge in [-0.1, -0.05) is 170 Å². The molecule has 0 N–H and O–H groups in total. The molecule has 0 fully saturated rings. The zero-order valence-electron chi connectivity index (χ0n) is 31.1. The van der Waals surface area contributed by atoms with E-state index in [0.717, 1.165) is 29.9 Å². The molecule has 0 spiro atoms. The van der Waals surface area contributed by atoms with Crippen molar-refractivity contribution in [2.24, 2.45) is 0 Å². The Balaban J connectivity index is 1.13. The molecule has 1 aromatic heterocycles. The third-order valence-electron chi connectivity index (χ3n) is 11.1. The molecule has 56 heavy (non-hydrogen) atoms. The van der Waals surface area contributed by atoms with Gasteiger partial charge in [-0.05, 0) is 100 Å². The summed E-state index contributed by atoms with van der Waals surface area (Å²) in [5.74, 6) is 0. The van der Waals surface area contributed by atoms with E-state index in [2.05, 4.69) is 228 Å². The molecule has 9 aromatic rings. The molecule has 0 bridgehead atoms. The molecule has 0 aliphatic heterocycles. The topological polar surface area (TPSA) is 8.17 Å². The molecule has 8 aromatic carbocycles. The van der Waals surface area contributed by atoms with Gasteiger partial charge in [0.25, 0.3) is 0 Å². The van der Waals surface area contributed by atoms with Crippen molar-refractivity contribution < 1.29 is 0 Å². The number of hydrogen-bond acceptors (Lipinski definition) is 1. The largest absolute Gasteiger partial charge is 0.313 e. The third-order valence-corrected chi connectivity index (χ3v) is 11.1. The smallest absolute Gasteiger partial charge is 0.0543 e. The maximum atomic E-state index is 2.47. The SMILES string of the molecule is C1=Cc2c(n(-c3ccccc3)c3cccc(-c4cccc(N(c5ccc(-c6ccccc6)cc5)c5ccccc5-c5ccc(-c6ccccc6)cc5)c4)c23)CC1. The second-order valence-electron chi connectivity index (χ2n) is 14.4. The molecule has 0 saturated carbocycles. The van der Waals surface area contributed by atoms with Crippen LogP contribution in [0.1, 0.15) is 17.7 Å². The normalized spacial score (nSPS) is 12.1. The third kappa shape index (κ3) is 6.12. The number of allylic oxidation sites excluding steroid dienone is 1. The molecule has 0 saturated heterocycles. The number of anilines is 3. The van der Waals surface area contributed by atoms with Gasteiger partial charge in [0.1, 0.15) is 0 Å². The lowest BCUT2D eigenvalue weighted by Gasteiger charge is -2.28. The fraction of sp³-hybridized carbons (Fsp3) is 0.0370. The minimum atomic E-state index is 1.02. The Morgan fingerprint density at radius 1 is 0.411 bits per heavy atom. The second kappa shape index (κ2) is 14.6. The van der Waals surface area contributed by atoms with Crippen LogP contribution in [-0.2, 0) is 6.42 Å². The van der Waals surface area contributed by atoms with E-state index in [4.69, 9.17) is 0 Å². The minimum Gasteiger partial charge on any atom is -0.313 e. The maximum absolute atomic E-state index is 2.47. The van der Waals surface area contributed by atoms with Crippen LogP contribution < -0.4 is 4.90 Å². The molecule has 0 radical (unpaired) electrons. The fourth-order valence-electron chi connectivity index (χ4n) is 8.44. The summed E-state index contributed by atoms with van der Waals surface area (Å²) >= 11 is 0. The molecule has 1 aliphatic rings.